The highest BCUT2D eigenvalue weighted by molar-refractivity contribution is 5.28. The lowest BCUT2D eigenvalue weighted by Crippen LogP contribution is -2.48. The highest BCUT2D eigenvalue weighted by Crippen LogP contribution is 2.39. The van der Waals surface area contributed by atoms with Gasteiger partial charge in [-0.15, -0.1) is 0 Å². The Kier molecular flexibility index (Phi) is 3.62. The summed E-state index contributed by atoms with van der Waals surface area (Å²) in [6, 6.07) is 11.2. The Balaban J connectivity index is 1.67. The molecule has 3 rings (SSSR count). The van der Waals surface area contributed by atoms with Crippen molar-refractivity contribution in [2.45, 2.75) is 31.7 Å². The molecule has 2 aliphatic heterocycles. The van der Waals surface area contributed by atoms with Gasteiger partial charge in [0.2, 0.25) is 0 Å². The van der Waals surface area contributed by atoms with E-state index in [1.165, 1.54) is 17.6 Å². The molecular weight excluding hydrogens is 256 g/mol. The molecule has 0 amide bonds. The van der Waals surface area contributed by atoms with Crippen molar-refractivity contribution in [3.63, 3.8) is 0 Å². The Morgan fingerprint density at radius 3 is 2.52 bits per heavy atom. The third kappa shape index (κ3) is 2.51. The standard InChI is InChI=1S/C19H24N2/c1-14(2)19-12-15(3)21(19)16(4)20-11-10-18(13-20)17-8-6-5-7-9-17/h5-9,18-19H,1,3-4,10-13H2,2H3. The second-order valence-electron chi connectivity index (χ2n) is 6.26. The van der Waals surface area contributed by atoms with E-state index in [1.54, 1.807) is 0 Å². The van der Waals surface area contributed by atoms with Gasteiger partial charge in [-0.25, -0.2) is 0 Å². The van der Waals surface area contributed by atoms with Crippen LogP contribution in [-0.2, 0) is 0 Å². The molecule has 1 aromatic carbocycles. The van der Waals surface area contributed by atoms with Crippen molar-refractivity contribution in [2.24, 2.45) is 0 Å². The Hall–Kier alpha value is -1.96. The van der Waals surface area contributed by atoms with E-state index in [1.807, 2.05) is 0 Å². The summed E-state index contributed by atoms with van der Waals surface area (Å²) < 4.78 is 0. The zero-order valence-electron chi connectivity index (χ0n) is 12.9. The number of rotatable bonds is 4. The van der Waals surface area contributed by atoms with Crippen LogP contribution in [-0.4, -0.2) is 28.9 Å². The molecule has 0 aromatic heterocycles. The largest absolute Gasteiger partial charge is 0.358 e. The van der Waals surface area contributed by atoms with Crippen LogP contribution in [0.3, 0.4) is 0 Å². The van der Waals surface area contributed by atoms with E-state index in [9.17, 15) is 0 Å². The van der Waals surface area contributed by atoms with Crippen molar-refractivity contribution in [1.82, 2.24) is 9.80 Å². The number of likely N-dealkylation sites (tertiary alicyclic amines) is 2. The van der Waals surface area contributed by atoms with Gasteiger partial charge < -0.3 is 9.80 Å². The van der Waals surface area contributed by atoms with Crippen molar-refractivity contribution < 1.29 is 0 Å². The Bertz CT molecular complexity index is 572. The molecular formula is C19H24N2. The molecule has 0 aliphatic carbocycles. The molecule has 110 valence electrons. The monoisotopic (exact) mass is 280 g/mol. The van der Waals surface area contributed by atoms with E-state index >= 15 is 0 Å². The van der Waals surface area contributed by atoms with Crippen molar-refractivity contribution in [1.29, 1.82) is 0 Å². The molecule has 1 aromatic rings. The predicted octanol–water partition coefficient (Wildman–Crippen LogP) is 4.11. The lowest BCUT2D eigenvalue weighted by Gasteiger charge is -2.48. The Morgan fingerprint density at radius 2 is 1.90 bits per heavy atom. The van der Waals surface area contributed by atoms with Gasteiger partial charge in [0, 0.05) is 31.1 Å². The molecule has 2 fully saturated rings. The second-order valence-corrected chi connectivity index (χ2v) is 6.26. The van der Waals surface area contributed by atoms with Crippen LogP contribution < -0.4 is 0 Å². The molecule has 2 nitrogen and oxygen atoms in total. The Morgan fingerprint density at radius 1 is 1.19 bits per heavy atom. The van der Waals surface area contributed by atoms with Crippen molar-refractivity contribution in [3.05, 3.63) is 72.7 Å². The molecule has 0 bridgehead atoms. The van der Waals surface area contributed by atoms with E-state index in [2.05, 4.69) is 66.8 Å². The van der Waals surface area contributed by atoms with E-state index < -0.39 is 0 Å². The minimum absolute atomic E-state index is 0.390. The average molecular weight is 280 g/mol. The number of nitrogens with zero attached hydrogens (tertiary/aromatic N) is 2. The van der Waals surface area contributed by atoms with Gasteiger partial charge in [-0.2, -0.15) is 0 Å². The van der Waals surface area contributed by atoms with Gasteiger partial charge in [-0.05, 0) is 18.9 Å². The van der Waals surface area contributed by atoms with Crippen molar-refractivity contribution in [2.75, 3.05) is 13.1 Å². The molecule has 0 spiro atoms. The average Bonchev–Trinajstić information content (AvgIpc) is 2.95. The fourth-order valence-corrected chi connectivity index (χ4v) is 3.42. The quantitative estimate of drug-likeness (QED) is 0.766. The first-order chi connectivity index (χ1) is 10.1. The highest BCUT2D eigenvalue weighted by atomic mass is 15.4. The first-order valence-electron chi connectivity index (χ1n) is 7.69. The van der Waals surface area contributed by atoms with E-state index in [-0.39, 0.29) is 0 Å². The van der Waals surface area contributed by atoms with Crippen LogP contribution in [0.25, 0.3) is 0 Å². The molecule has 0 saturated carbocycles. The molecule has 2 saturated heterocycles. The van der Waals surface area contributed by atoms with Crippen LogP contribution in [0.15, 0.2) is 67.2 Å². The number of hydrogen-bond acceptors (Lipinski definition) is 2. The Labute approximate surface area is 128 Å². The van der Waals surface area contributed by atoms with Crippen LogP contribution in [0.4, 0.5) is 0 Å². The van der Waals surface area contributed by atoms with Crippen LogP contribution in [0.2, 0.25) is 0 Å². The molecule has 0 N–H and O–H groups in total. The van der Waals surface area contributed by atoms with Crippen molar-refractivity contribution in [3.8, 4) is 0 Å². The summed E-state index contributed by atoms with van der Waals surface area (Å²) in [7, 11) is 0. The first kappa shape index (κ1) is 14.0. The molecule has 2 heterocycles. The minimum atomic E-state index is 0.390. The first-order valence-corrected chi connectivity index (χ1v) is 7.69. The maximum Gasteiger partial charge on any atom is 0.101 e. The molecule has 2 heteroatoms. The molecule has 2 unspecified atom stereocenters. The van der Waals surface area contributed by atoms with Gasteiger partial charge in [-0.1, -0.05) is 55.6 Å². The van der Waals surface area contributed by atoms with E-state index in [0.29, 0.717) is 12.0 Å². The molecule has 2 atom stereocenters. The topological polar surface area (TPSA) is 6.48 Å². The van der Waals surface area contributed by atoms with E-state index in [0.717, 1.165) is 31.0 Å². The fraction of sp³-hybridized carbons (Fsp3) is 0.368. The van der Waals surface area contributed by atoms with Gasteiger partial charge in [0.25, 0.3) is 0 Å². The van der Waals surface area contributed by atoms with Crippen LogP contribution in [0.5, 0.6) is 0 Å². The summed E-state index contributed by atoms with van der Waals surface area (Å²) >= 11 is 0. The summed E-state index contributed by atoms with van der Waals surface area (Å²) in [4.78, 5) is 4.66. The molecule has 2 aliphatic rings. The van der Waals surface area contributed by atoms with Gasteiger partial charge in [-0.3, -0.25) is 0 Å². The number of benzene rings is 1. The van der Waals surface area contributed by atoms with Crippen LogP contribution in [0.1, 0.15) is 31.2 Å². The lowest BCUT2D eigenvalue weighted by atomic mass is 9.93. The van der Waals surface area contributed by atoms with E-state index in [4.69, 9.17) is 0 Å². The zero-order valence-corrected chi connectivity index (χ0v) is 12.9. The number of hydrogen-bond donors (Lipinski definition) is 0. The molecule has 21 heavy (non-hydrogen) atoms. The SMILES string of the molecule is C=C(C)C1CC(=C)N1C(=C)N1CCC(c2ccccc2)C1. The highest BCUT2D eigenvalue weighted by Gasteiger charge is 2.37. The maximum absolute atomic E-state index is 4.32. The maximum atomic E-state index is 4.32. The second kappa shape index (κ2) is 5.44. The van der Waals surface area contributed by atoms with Gasteiger partial charge >= 0.3 is 0 Å². The normalized spacial score (nSPS) is 24.9. The van der Waals surface area contributed by atoms with Gasteiger partial charge in [0.1, 0.15) is 5.82 Å². The smallest absolute Gasteiger partial charge is 0.101 e. The summed E-state index contributed by atoms with van der Waals surface area (Å²) in [5, 5.41) is 0. The minimum Gasteiger partial charge on any atom is -0.358 e. The summed E-state index contributed by atoms with van der Waals surface area (Å²) in [6.07, 6.45) is 2.21. The van der Waals surface area contributed by atoms with Crippen LogP contribution in [0, 0.1) is 0 Å². The summed E-state index contributed by atoms with van der Waals surface area (Å²) in [5.41, 5.74) is 3.80. The third-order valence-corrected chi connectivity index (χ3v) is 4.75. The van der Waals surface area contributed by atoms with Gasteiger partial charge in [0.05, 0.1) is 6.04 Å². The van der Waals surface area contributed by atoms with Crippen LogP contribution >= 0.6 is 0 Å². The zero-order chi connectivity index (χ0) is 15.0. The summed E-state index contributed by atoms with van der Waals surface area (Å²) in [5.74, 6) is 1.71. The van der Waals surface area contributed by atoms with Gasteiger partial charge in [0.15, 0.2) is 0 Å². The summed E-state index contributed by atoms with van der Waals surface area (Å²) in [6.45, 7) is 16.8. The molecule has 0 radical (unpaired) electrons. The predicted molar refractivity (Wildman–Crippen MR) is 88.7 cm³/mol. The lowest BCUT2D eigenvalue weighted by molar-refractivity contribution is 0.173. The van der Waals surface area contributed by atoms with Crippen molar-refractivity contribution >= 4 is 0 Å². The fourth-order valence-electron chi connectivity index (χ4n) is 3.42. The third-order valence-electron chi connectivity index (χ3n) is 4.75.